The standard InChI is InChI=1S/C16H20BrF3/c17-15(13-5-3-1-2-4-6-13)11-12-7-9-14(10-8-12)16(18,19)20/h7-10,13,15H,1-6,11H2. The fourth-order valence-corrected chi connectivity index (χ4v) is 3.80. The molecule has 1 aromatic rings. The molecular weight excluding hydrogens is 329 g/mol. The van der Waals surface area contributed by atoms with Crippen LogP contribution in [0.5, 0.6) is 0 Å². The van der Waals surface area contributed by atoms with Crippen LogP contribution in [0.3, 0.4) is 0 Å². The predicted molar refractivity (Wildman–Crippen MR) is 79.1 cm³/mol. The van der Waals surface area contributed by atoms with Crippen LogP contribution in [-0.2, 0) is 12.6 Å². The molecule has 0 N–H and O–H groups in total. The van der Waals surface area contributed by atoms with E-state index in [4.69, 9.17) is 0 Å². The Bertz CT molecular complexity index is 403. The second kappa shape index (κ2) is 6.97. The third-order valence-corrected chi connectivity index (χ3v) is 5.19. The van der Waals surface area contributed by atoms with Gasteiger partial charge in [0, 0.05) is 4.83 Å². The number of rotatable bonds is 3. The number of benzene rings is 1. The first-order chi connectivity index (χ1) is 9.47. The maximum absolute atomic E-state index is 12.5. The highest BCUT2D eigenvalue weighted by Gasteiger charge is 2.30. The summed E-state index contributed by atoms with van der Waals surface area (Å²) < 4.78 is 37.5. The lowest BCUT2D eigenvalue weighted by atomic mass is 9.92. The van der Waals surface area contributed by atoms with Crippen LogP contribution in [0.15, 0.2) is 24.3 Å². The van der Waals surface area contributed by atoms with Gasteiger partial charge < -0.3 is 0 Å². The monoisotopic (exact) mass is 348 g/mol. The van der Waals surface area contributed by atoms with Gasteiger partial charge in [-0.3, -0.25) is 0 Å². The fraction of sp³-hybridized carbons (Fsp3) is 0.625. The quantitative estimate of drug-likeness (QED) is 0.465. The summed E-state index contributed by atoms with van der Waals surface area (Å²) in [6, 6.07) is 5.58. The maximum atomic E-state index is 12.5. The Labute approximate surface area is 126 Å². The van der Waals surface area contributed by atoms with E-state index in [1.54, 1.807) is 12.1 Å². The zero-order valence-electron chi connectivity index (χ0n) is 11.4. The third kappa shape index (κ3) is 4.51. The van der Waals surface area contributed by atoms with E-state index in [0.29, 0.717) is 10.7 Å². The minimum Gasteiger partial charge on any atom is -0.166 e. The van der Waals surface area contributed by atoms with Crippen molar-refractivity contribution in [1.29, 1.82) is 0 Å². The zero-order chi connectivity index (χ0) is 14.6. The summed E-state index contributed by atoms with van der Waals surface area (Å²) in [5, 5.41) is 0. The Hall–Kier alpha value is -0.510. The number of halogens is 4. The van der Waals surface area contributed by atoms with Crippen molar-refractivity contribution in [2.45, 2.75) is 55.9 Å². The SMILES string of the molecule is FC(F)(F)c1ccc(CC(Br)C2CCCCCC2)cc1. The van der Waals surface area contributed by atoms with Gasteiger partial charge in [-0.15, -0.1) is 0 Å². The molecule has 0 amide bonds. The highest BCUT2D eigenvalue weighted by atomic mass is 79.9. The molecule has 20 heavy (non-hydrogen) atoms. The lowest BCUT2D eigenvalue weighted by Gasteiger charge is -2.21. The summed E-state index contributed by atoms with van der Waals surface area (Å²) in [7, 11) is 0. The van der Waals surface area contributed by atoms with E-state index in [1.165, 1.54) is 50.7 Å². The molecular formula is C16H20BrF3. The molecule has 0 nitrogen and oxygen atoms in total. The lowest BCUT2D eigenvalue weighted by molar-refractivity contribution is -0.137. The van der Waals surface area contributed by atoms with Crippen LogP contribution >= 0.6 is 15.9 Å². The van der Waals surface area contributed by atoms with Crippen LogP contribution in [0.2, 0.25) is 0 Å². The van der Waals surface area contributed by atoms with E-state index < -0.39 is 11.7 Å². The summed E-state index contributed by atoms with van der Waals surface area (Å²) in [6.07, 6.45) is 4.22. The maximum Gasteiger partial charge on any atom is 0.416 e. The fourth-order valence-electron chi connectivity index (χ4n) is 2.89. The Morgan fingerprint density at radius 1 is 1.00 bits per heavy atom. The first kappa shape index (κ1) is 15.9. The summed E-state index contributed by atoms with van der Waals surface area (Å²) in [5.74, 6) is 0.653. The average molecular weight is 349 g/mol. The van der Waals surface area contributed by atoms with Gasteiger partial charge in [-0.2, -0.15) is 13.2 Å². The van der Waals surface area contributed by atoms with Crippen molar-refractivity contribution >= 4 is 15.9 Å². The van der Waals surface area contributed by atoms with Crippen molar-refractivity contribution in [3.63, 3.8) is 0 Å². The summed E-state index contributed by atoms with van der Waals surface area (Å²) in [5.41, 5.74) is 0.408. The number of alkyl halides is 4. The van der Waals surface area contributed by atoms with Gasteiger partial charge in [0.2, 0.25) is 0 Å². The Balaban J connectivity index is 1.95. The van der Waals surface area contributed by atoms with Crippen LogP contribution < -0.4 is 0 Å². The van der Waals surface area contributed by atoms with E-state index in [2.05, 4.69) is 15.9 Å². The van der Waals surface area contributed by atoms with Crippen LogP contribution in [0, 0.1) is 5.92 Å². The van der Waals surface area contributed by atoms with E-state index in [0.717, 1.165) is 12.0 Å². The molecule has 0 heterocycles. The van der Waals surface area contributed by atoms with E-state index in [-0.39, 0.29) is 0 Å². The van der Waals surface area contributed by atoms with Gasteiger partial charge in [0.15, 0.2) is 0 Å². The van der Waals surface area contributed by atoms with Crippen LogP contribution in [0.1, 0.15) is 49.7 Å². The first-order valence-electron chi connectivity index (χ1n) is 7.27. The molecule has 4 heteroatoms. The van der Waals surface area contributed by atoms with Crippen LogP contribution in [0.25, 0.3) is 0 Å². The lowest BCUT2D eigenvalue weighted by Crippen LogP contribution is -2.16. The highest BCUT2D eigenvalue weighted by molar-refractivity contribution is 9.09. The van der Waals surface area contributed by atoms with Crippen LogP contribution in [-0.4, -0.2) is 4.83 Å². The van der Waals surface area contributed by atoms with Crippen LogP contribution in [0.4, 0.5) is 13.2 Å². The molecule has 112 valence electrons. The molecule has 0 spiro atoms. The Morgan fingerprint density at radius 3 is 2.05 bits per heavy atom. The normalized spacial score (nSPS) is 19.6. The smallest absolute Gasteiger partial charge is 0.166 e. The molecule has 1 unspecified atom stereocenters. The minimum atomic E-state index is -4.24. The van der Waals surface area contributed by atoms with Gasteiger partial charge in [-0.05, 0) is 42.9 Å². The van der Waals surface area contributed by atoms with Gasteiger partial charge in [0.1, 0.15) is 0 Å². The molecule has 0 aliphatic heterocycles. The largest absolute Gasteiger partial charge is 0.416 e. The molecule has 1 atom stereocenters. The molecule has 1 aliphatic carbocycles. The highest BCUT2D eigenvalue weighted by Crippen LogP contribution is 2.32. The average Bonchev–Trinajstić information content (AvgIpc) is 2.67. The second-order valence-electron chi connectivity index (χ2n) is 5.67. The topological polar surface area (TPSA) is 0 Å². The van der Waals surface area contributed by atoms with Crippen molar-refractivity contribution < 1.29 is 13.2 Å². The second-order valence-corrected chi connectivity index (χ2v) is 6.84. The predicted octanol–water partition coefficient (Wildman–Crippen LogP) is 5.98. The summed E-state index contributed by atoms with van der Waals surface area (Å²) in [6.45, 7) is 0. The van der Waals surface area contributed by atoms with E-state index in [9.17, 15) is 13.2 Å². The third-order valence-electron chi connectivity index (χ3n) is 4.12. The first-order valence-corrected chi connectivity index (χ1v) is 8.18. The molecule has 1 fully saturated rings. The van der Waals surface area contributed by atoms with Crippen molar-refractivity contribution in [3.05, 3.63) is 35.4 Å². The van der Waals surface area contributed by atoms with Crippen molar-refractivity contribution in [2.24, 2.45) is 5.92 Å². The van der Waals surface area contributed by atoms with Gasteiger partial charge in [-0.25, -0.2) is 0 Å². The van der Waals surface area contributed by atoms with Gasteiger partial charge in [0.25, 0.3) is 0 Å². The number of hydrogen-bond acceptors (Lipinski definition) is 0. The van der Waals surface area contributed by atoms with E-state index >= 15 is 0 Å². The summed E-state index contributed by atoms with van der Waals surface area (Å²) >= 11 is 3.75. The molecule has 0 aromatic heterocycles. The molecule has 0 radical (unpaired) electrons. The molecule has 1 saturated carbocycles. The minimum absolute atomic E-state index is 0.373. The van der Waals surface area contributed by atoms with Gasteiger partial charge in [-0.1, -0.05) is 53.7 Å². The molecule has 1 aliphatic rings. The summed E-state index contributed by atoms with van der Waals surface area (Å²) in [4.78, 5) is 0.373. The van der Waals surface area contributed by atoms with E-state index in [1.807, 2.05) is 0 Å². The van der Waals surface area contributed by atoms with Crippen molar-refractivity contribution in [3.8, 4) is 0 Å². The zero-order valence-corrected chi connectivity index (χ0v) is 13.0. The van der Waals surface area contributed by atoms with Gasteiger partial charge >= 0.3 is 6.18 Å². The number of hydrogen-bond donors (Lipinski definition) is 0. The van der Waals surface area contributed by atoms with Crippen molar-refractivity contribution in [1.82, 2.24) is 0 Å². The molecule has 0 saturated heterocycles. The van der Waals surface area contributed by atoms with Crippen molar-refractivity contribution in [2.75, 3.05) is 0 Å². The van der Waals surface area contributed by atoms with Gasteiger partial charge in [0.05, 0.1) is 5.56 Å². The Morgan fingerprint density at radius 2 is 1.55 bits per heavy atom. The Kier molecular flexibility index (Phi) is 5.53. The molecule has 0 bridgehead atoms. The molecule has 1 aromatic carbocycles. The molecule has 2 rings (SSSR count).